The van der Waals surface area contributed by atoms with Crippen LogP contribution in [0.4, 0.5) is 13.2 Å². The average molecular weight is 522 g/mol. The Bertz CT molecular complexity index is 1310. The van der Waals surface area contributed by atoms with E-state index in [1.54, 1.807) is 24.3 Å². The normalized spacial score (nSPS) is 18.7. The summed E-state index contributed by atoms with van der Waals surface area (Å²) < 4.78 is 47.1. The molecular weight excluding hydrogens is 496 g/mol. The number of halogens is 3. The summed E-state index contributed by atoms with van der Waals surface area (Å²) in [4.78, 5) is 18.0. The van der Waals surface area contributed by atoms with E-state index in [-0.39, 0.29) is 66.5 Å². The average Bonchev–Trinajstić information content (AvgIpc) is 3.29. The van der Waals surface area contributed by atoms with Crippen molar-refractivity contribution >= 4 is 22.9 Å². The van der Waals surface area contributed by atoms with Gasteiger partial charge >= 0.3 is 29.6 Å². The molecule has 1 saturated heterocycles. The molecular formula is C27H26F3N2NaO4. The number of aliphatic hydroxyl groups excluding tert-OH is 1. The minimum atomic E-state index is -1.26. The third-order valence-electron chi connectivity index (χ3n) is 6.78. The molecule has 3 aromatic rings. The summed E-state index contributed by atoms with van der Waals surface area (Å²) in [6.45, 7) is 0.937. The maximum Gasteiger partial charge on any atom is 1.00 e. The Kier molecular flexibility index (Phi) is 9.77. The van der Waals surface area contributed by atoms with Gasteiger partial charge in [-0.2, -0.15) is 0 Å². The number of aliphatic carboxylic acids is 1. The number of carbonyl (C=O) groups is 1. The Hall–Kier alpha value is -2.43. The fourth-order valence-electron chi connectivity index (χ4n) is 4.75. The molecule has 1 aliphatic rings. The van der Waals surface area contributed by atoms with Gasteiger partial charge in [0, 0.05) is 41.0 Å². The number of carboxylic acid groups (broad SMARTS) is 1. The van der Waals surface area contributed by atoms with Crippen LogP contribution in [-0.4, -0.2) is 47.7 Å². The van der Waals surface area contributed by atoms with Crippen molar-refractivity contribution in [1.29, 1.82) is 0 Å². The Morgan fingerprint density at radius 3 is 2.76 bits per heavy atom. The SMILES string of the molecule is COc1ccc2ncc(F)c(C(O)CCC3(C(=O)[O-])CCN(C/C=C/c4cc(F)ccc4F)C3)c2c1.[Na+]. The number of methoxy groups -OCH3 is 1. The maximum atomic E-state index is 14.7. The van der Waals surface area contributed by atoms with Gasteiger partial charge in [0.25, 0.3) is 0 Å². The van der Waals surface area contributed by atoms with Crippen molar-refractivity contribution in [2.45, 2.75) is 25.4 Å². The van der Waals surface area contributed by atoms with Gasteiger partial charge < -0.3 is 19.7 Å². The third-order valence-corrected chi connectivity index (χ3v) is 6.78. The molecule has 1 fully saturated rings. The predicted octanol–water partition coefficient (Wildman–Crippen LogP) is 0.634. The number of carbonyl (C=O) groups excluding carboxylic acids is 1. The Morgan fingerprint density at radius 1 is 1.24 bits per heavy atom. The van der Waals surface area contributed by atoms with Gasteiger partial charge in [-0.15, -0.1) is 0 Å². The van der Waals surface area contributed by atoms with Gasteiger partial charge in [-0.05, 0) is 62.2 Å². The number of nitrogens with zero attached hydrogens (tertiary/aromatic N) is 2. The monoisotopic (exact) mass is 522 g/mol. The van der Waals surface area contributed by atoms with E-state index in [4.69, 9.17) is 4.74 Å². The Balaban J connectivity index is 0.00000380. The molecule has 1 N–H and O–H groups in total. The molecule has 1 aliphatic heterocycles. The van der Waals surface area contributed by atoms with E-state index in [1.165, 1.54) is 13.2 Å². The van der Waals surface area contributed by atoms with Crippen molar-refractivity contribution in [2.24, 2.45) is 5.41 Å². The molecule has 0 saturated carbocycles. The number of fused-ring (bicyclic) bond motifs is 1. The maximum absolute atomic E-state index is 14.7. The summed E-state index contributed by atoms with van der Waals surface area (Å²) in [7, 11) is 1.48. The van der Waals surface area contributed by atoms with E-state index in [0.29, 0.717) is 29.7 Å². The van der Waals surface area contributed by atoms with Crippen molar-refractivity contribution in [3.05, 3.63) is 77.2 Å². The summed E-state index contributed by atoms with van der Waals surface area (Å²) in [5.41, 5.74) is -0.598. The number of aliphatic hydroxyl groups is 1. The molecule has 0 bridgehead atoms. The first kappa shape index (κ1) is 29.1. The molecule has 2 heterocycles. The zero-order valence-corrected chi connectivity index (χ0v) is 22.7. The van der Waals surface area contributed by atoms with Gasteiger partial charge in [-0.25, -0.2) is 13.2 Å². The second-order valence-corrected chi connectivity index (χ2v) is 9.08. The van der Waals surface area contributed by atoms with Gasteiger partial charge in [-0.3, -0.25) is 9.88 Å². The first-order chi connectivity index (χ1) is 17.2. The number of ether oxygens (including phenoxy) is 1. The minimum absolute atomic E-state index is 0. The van der Waals surface area contributed by atoms with Crippen LogP contribution in [0.1, 0.15) is 36.5 Å². The molecule has 0 amide bonds. The zero-order chi connectivity index (χ0) is 25.9. The van der Waals surface area contributed by atoms with Crippen molar-refractivity contribution in [1.82, 2.24) is 9.88 Å². The first-order valence-corrected chi connectivity index (χ1v) is 11.6. The molecule has 2 aromatic carbocycles. The molecule has 190 valence electrons. The van der Waals surface area contributed by atoms with Gasteiger partial charge in [0.15, 0.2) is 0 Å². The van der Waals surface area contributed by atoms with Crippen LogP contribution in [0.5, 0.6) is 5.75 Å². The number of rotatable bonds is 9. The predicted molar refractivity (Wildman–Crippen MR) is 126 cm³/mol. The van der Waals surface area contributed by atoms with Crippen LogP contribution in [0.3, 0.4) is 0 Å². The fourth-order valence-corrected chi connectivity index (χ4v) is 4.75. The second-order valence-electron chi connectivity index (χ2n) is 9.08. The zero-order valence-electron chi connectivity index (χ0n) is 20.7. The third kappa shape index (κ3) is 6.53. The second kappa shape index (κ2) is 12.4. The molecule has 6 nitrogen and oxygen atoms in total. The largest absolute Gasteiger partial charge is 1.00 e. The van der Waals surface area contributed by atoms with Crippen molar-refractivity contribution in [3.63, 3.8) is 0 Å². The van der Waals surface area contributed by atoms with E-state index < -0.39 is 34.9 Å². The number of likely N-dealkylation sites (tertiary alicyclic amines) is 1. The summed E-state index contributed by atoms with van der Waals surface area (Å²) in [6.07, 6.45) is 3.23. The molecule has 2 unspecified atom stereocenters. The number of hydrogen-bond donors (Lipinski definition) is 1. The molecule has 0 radical (unpaired) electrons. The Morgan fingerprint density at radius 2 is 2.03 bits per heavy atom. The number of aromatic nitrogens is 1. The topological polar surface area (TPSA) is 85.7 Å². The molecule has 1 aromatic heterocycles. The van der Waals surface area contributed by atoms with Crippen LogP contribution in [0.2, 0.25) is 0 Å². The van der Waals surface area contributed by atoms with Crippen LogP contribution < -0.4 is 39.4 Å². The van der Waals surface area contributed by atoms with E-state index in [0.717, 1.165) is 24.4 Å². The Labute approximate surface area is 235 Å². The summed E-state index contributed by atoms with van der Waals surface area (Å²) in [5, 5.41) is 23.4. The molecule has 0 aliphatic carbocycles. The van der Waals surface area contributed by atoms with Crippen LogP contribution in [0.15, 0.2) is 48.7 Å². The number of benzene rings is 2. The van der Waals surface area contributed by atoms with Crippen LogP contribution in [-0.2, 0) is 4.79 Å². The summed E-state index contributed by atoms with van der Waals surface area (Å²) in [6, 6.07) is 8.09. The van der Waals surface area contributed by atoms with Gasteiger partial charge in [-0.1, -0.05) is 12.2 Å². The summed E-state index contributed by atoms with van der Waals surface area (Å²) >= 11 is 0. The first-order valence-electron chi connectivity index (χ1n) is 11.6. The van der Waals surface area contributed by atoms with Gasteiger partial charge in [0.1, 0.15) is 23.2 Å². The van der Waals surface area contributed by atoms with E-state index >= 15 is 0 Å². The van der Waals surface area contributed by atoms with E-state index in [2.05, 4.69) is 4.98 Å². The standard InChI is InChI=1S/C27H27F3N2O4.Na/c1-36-19-5-7-23-20(14-19)25(22(30)15-31-23)24(33)8-9-27(26(34)35)10-12-32(16-27)11-2-3-17-13-18(28)4-6-21(17)29;/h2-7,13-15,24,33H,8-12,16H2,1H3,(H,34,35);/q;+1/p-1/b3-2+;. The number of hydrogen-bond acceptors (Lipinski definition) is 6. The molecule has 0 spiro atoms. The smallest absolute Gasteiger partial charge is 0.550 e. The molecule has 37 heavy (non-hydrogen) atoms. The van der Waals surface area contributed by atoms with Crippen molar-refractivity contribution in [3.8, 4) is 5.75 Å². The van der Waals surface area contributed by atoms with Gasteiger partial charge in [0.05, 0.1) is 24.9 Å². The molecule has 10 heteroatoms. The van der Waals surface area contributed by atoms with E-state index in [1.807, 2.05) is 4.90 Å². The van der Waals surface area contributed by atoms with Gasteiger partial charge in [0.2, 0.25) is 0 Å². The van der Waals surface area contributed by atoms with Crippen molar-refractivity contribution < 1.29 is 62.5 Å². The molecule has 4 rings (SSSR count). The quantitative estimate of drug-likeness (QED) is 0.415. The number of carboxylic acids is 1. The van der Waals surface area contributed by atoms with Crippen molar-refractivity contribution in [2.75, 3.05) is 26.7 Å². The molecule has 2 atom stereocenters. The number of pyridine rings is 1. The van der Waals surface area contributed by atoms with Crippen LogP contribution in [0, 0.1) is 22.9 Å². The van der Waals surface area contributed by atoms with Crippen LogP contribution in [0.25, 0.3) is 17.0 Å². The summed E-state index contributed by atoms with van der Waals surface area (Å²) in [5.74, 6) is -2.55. The van der Waals surface area contributed by atoms with Crippen LogP contribution >= 0.6 is 0 Å². The van der Waals surface area contributed by atoms with E-state index in [9.17, 15) is 28.2 Å². The fraction of sp³-hybridized carbons (Fsp3) is 0.333. The minimum Gasteiger partial charge on any atom is -0.550 e.